The van der Waals surface area contributed by atoms with E-state index < -0.39 is 0 Å². The molecule has 0 amide bonds. The molecule has 1 aliphatic rings. The van der Waals surface area contributed by atoms with E-state index in [-0.39, 0.29) is 0 Å². The molecule has 1 aromatic rings. The van der Waals surface area contributed by atoms with Crippen LogP contribution in [-0.4, -0.2) is 50.7 Å². The summed E-state index contributed by atoms with van der Waals surface area (Å²) >= 11 is 3.58. The van der Waals surface area contributed by atoms with Gasteiger partial charge in [-0.1, -0.05) is 22.0 Å². The van der Waals surface area contributed by atoms with E-state index in [0.29, 0.717) is 12.1 Å². The van der Waals surface area contributed by atoms with Crippen LogP contribution < -0.4 is 10.2 Å². The van der Waals surface area contributed by atoms with Crippen molar-refractivity contribution in [3.8, 4) is 0 Å². The van der Waals surface area contributed by atoms with E-state index in [1.807, 2.05) is 7.05 Å². The molecule has 2 atom stereocenters. The summed E-state index contributed by atoms with van der Waals surface area (Å²) in [6.45, 7) is 5.61. The van der Waals surface area contributed by atoms with Crippen molar-refractivity contribution in [1.29, 1.82) is 0 Å². The third kappa shape index (κ3) is 3.71. The minimum absolute atomic E-state index is 0.564. The normalized spacial score (nSPS) is 25.4. The number of benzene rings is 1. The Morgan fingerprint density at radius 3 is 2.89 bits per heavy atom. The van der Waals surface area contributed by atoms with Gasteiger partial charge in [0.25, 0.3) is 0 Å². The van der Waals surface area contributed by atoms with Gasteiger partial charge < -0.3 is 15.1 Å². The molecule has 1 heterocycles. The molecule has 1 aromatic carbocycles. The molecule has 0 aromatic heterocycles. The first-order valence-corrected chi connectivity index (χ1v) is 7.78. The maximum Gasteiger partial charge on any atom is 0.0392 e. The Morgan fingerprint density at radius 2 is 2.21 bits per heavy atom. The zero-order chi connectivity index (χ0) is 13.8. The Hall–Kier alpha value is -0.580. The average Bonchev–Trinajstić information content (AvgIpc) is 2.52. The second-order valence-electron chi connectivity index (χ2n) is 5.46. The van der Waals surface area contributed by atoms with Gasteiger partial charge in [-0.05, 0) is 45.6 Å². The SMILES string of the molecule is CNCC1CN(c2cccc(Br)c2)C(C)CCN1C. The summed E-state index contributed by atoms with van der Waals surface area (Å²) in [4.78, 5) is 5.02. The van der Waals surface area contributed by atoms with E-state index in [4.69, 9.17) is 0 Å². The van der Waals surface area contributed by atoms with Gasteiger partial charge in [0.1, 0.15) is 0 Å². The molecule has 2 unspecified atom stereocenters. The Kier molecular flexibility index (Phi) is 5.25. The molecule has 4 heteroatoms. The molecule has 0 bridgehead atoms. The van der Waals surface area contributed by atoms with Crippen LogP contribution in [0.3, 0.4) is 0 Å². The molecule has 1 fully saturated rings. The van der Waals surface area contributed by atoms with Crippen LogP contribution in [0.1, 0.15) is 13.3 Å². The molecule has 1 N–H and O–H groups in total. The number of hydrogen-bond donors (Lipinski definition) is 1. The first-order valence-electron chi connectivity index (χ1n) is 6.99. The fraction of sp³-hybridized carbons (Fsp3) is 0.600. The number of halogens is 1. The molecule has 19 heavy (non-hydrogen) atoms. The largest absolute Gasteiger partial charge is 0.367 e. The van der Waals surface area contributed by atoms with Gasteiger partial charge in [-0.15, -0.1) is 0 Å². The van der Waals surface area contributed by atoms with Gasteiger partial charge in [0.15, 0.2) is 0 Å². The van der Waals surface area contributed by atoms with Crippen LogP contribution in [0, 0.1) is 0 Å². The third-order valence-electron chi connectivity index (χ3n) is 4.04. The Balaban J connectivity index is 2.21. The van der Waals surface area contributed by atoms with Crippen LogP contribution in [0.5, 0.6) is 0 Å². The fourth-order valence-electron chi connectivity index (χ4n) is 2.75. The highest BCUT2D eigenvalue weighted by atomic mass is 79.9. The minimum atomic E-state index is 0.564. The maximum absolute atomic E-state index is 3.58. The molecule has 0 spiro atoms. The third-order valence-corrected chi connectivity index (χ3v) is 4.54. The number of likely N-dealkylation sites (N-methyl/N-ethyl adjacent to an activating group) is 2. The van der Waals surface area contributed by atoms with Crippen molar-refractivity contribution in [3.63, 3.8) is 0 Å². The molecule has 0 saturated carbocycles. The van der Waals surface area contributed by atoms with Crippen LogP contribution in [0.2, 0.25) is 0 Å². The summed E-state index contributed by atoms with van der Waals surface area (Å²) in [6.07, 6.45) is 1.21. The summed E-state index contributed by atoms with van der Waals surface area (Å²) in [5.74, 6) is 0. The van der Waals surface area contributed by atoms with Crippen LogP contribution in [0.4, 0.5) is 5.69 Å². The number of hydrogen-bond acceptors (Lipinski definition) is 3. The van der Waals surface area contributed by atoms with Crippen LogP contribution >= 0.6 is 15.9 Å². The number of nitrogens with zero attached hydrogens (tertiary/aromatic N) is 2. The molecule has 1 aliphatic heterocycles. The van der Waals surface area contributed by atoms with E-state index in [1.54, 1.807) is 0 Å². The fourth-order valence-corrected chi connectivity index (χ4v) is 3.13. The van der Waals surface area contributed by atoms with Crippen molar-refractivity contribution in [2.24, 2.45) is 0 Å². The summed E-state index contributed by atoms with van der Waals surface area (Å²) in [6, 6.07) is 9.78. The molecule has 1 saturated heterocycles. The highest BCUT2D eigenvalue weighted by molar-refractivity contribution is 9.10. The van der Waals surface area contributed by atoms with Crippen molar-refractivity contribution >= 4 is 21.6 Å². The molecule has 3 nitrogen and oxygen atoms in total. The first kappa shape index (κ1) is 14.8. The maximum atomic E-state index is 3.58. The van der Waals surface area contributed by atoms with E-state index in [1.165, 1.54) is 12.1 Å². The first-order chi connectivity index (χ1) is 9.11. The number of nitrogens with one attached hydrogen (secondary N) is 1. The van der Waals surface area contributed by atoms with Gasteiger partial charge >= 0.3 is 0 Å². The molecular weight excluding hydrogens is 302 g/mol. The lowest BCUT2D eigenvalue weighted by atomic mass is 10.1. The van der Waals surface area contributed by atoms with Crippen LogP contribution in [0.25, 0.3) is 0 Å². The van der Waals surface area contributed by atoms with E-state index in [2.05, 4.69) is 69.3 Å². The highest BCUT2D eigenvalue weighted by Crippen LogP contribution is 2.25. The van der Waals surface area contributed by atoms with E-state index >= 15 is 0 Å². The smallest absolute Gasteiger partial charge is 0.0392 e. The van der Waals surface area contributed by atoms with E-state index in [9.17, 15) is 0 Å². The van der Waals surface area contributed by atoms with Crippen molar-refractivity contribution in [3.05, 3.63) is 28.7 Å². The predicted octanol–water partition coefficient (Wildman–Crippen LogP) is 2.57. The summed E-state index contributed by atoms with van der Waals surface area (Å²) in [5.41, 5.74) is 1.32. The molecule has 0 aliphatic carbocycles. The van der Waals surface area contributed by atoms with Gasteiger partial charge in [0.05, 0.1) is 0 Å². The van der Waals surface area contributed by atoms with Gasteiger partial charge in [0, 0.05) is 41.9 Å². The molecule has 2 rings (SSSR count). The topological polar surface area (TPSA) is 18.5 Å². The second-order valence-corrected chi connectivity index (χ2v) is 6.38. The molecule has 0 radical (unpaired) electrons. The highest BCUT2D eigenvalue weighted by Gasteiger charge is 2.26. The Labute approximate surface area is 125 Å². The van der Waals surface area contributed by atoms with Crippen molar-refractivity contribution < 1.29 is 0 Å². The quantitative estimate of drug-likeness (QED) is 0.921. The van der Waals surface area contributed by atoms with Crippen LogP contribution in [-0.2, 0) is 0 Å². The van der Waals surface area contributed by atoms with Gasteiger partial charge in [-0.2, -0.15) is 0 Å². The van der Waals surface area contributed by atoms with Gasteiger partial charge in [-0.3, -0.25) is 0 Å². The predicted molar refractivity (Wildman–Crippen MR) is 85.9 cm³/mol. The molecular formula is C15H24BrN3. The number of anilines is 1. The standard InChI is InChI=1S/C15H24BrN3/c1-12-7-8-18(3)15(10-17-2)11-19(12)14-6-4-5-13(16)9-14/h4-6,9,12,15,17H,7-8,10-11H2,1-3H3. The summed E-state index contributed by atoms with van der Waals surface area (Å²) in [7, 11) is 4.27. The Bertz CT molecular complexity index is 410. The number of rotatable bonds is 3. The Morgan fingerprint density at radius 1 is 1.42 bits per heavy atom. The lowest BCUT2D eigenvalue weighted by Crippen LogP contribution is -2.45. The summed E-state index contributed by atoms with van der Waals surface area (Å²) in [5, 5.41) is 3.32. The van der Waals surface area contributed by atoms with Gasteiger partial charge in [-0.25, -0.2) is 0 Å². The van der Waals surface area contributed by atoms with Gasteiger partial charge in [0.2, 0.25) is 0 Å². The van der Waals surface area contributed by atoms with E-state index in [0.717, 1.165) is 24.1 Å². The monoisotopic (exact) mass is 325 g/mol. The minimum Gasteiger partial charge on any atom is -0.367 e. The van der Waals surface area contributed by atoms with Crippen molar-refractivity contribution in [2.75, 3.05) is 38.6 Å². The van der Waals surface area contributed by atoms with Crippen molar-refractivity contribution in [2.45, 2.75) is 25.4 Å². The van der Waals surface area contributed by atoms with Crippen LogP contribution in [0.15, 0.2) is 28.7 Å². The zero-order valence-electron chi connectivity index (χ0n) is 12.1. The lowest BCUT2D eigenvalue weighted by Gasteiger charge is -2.33. The van der Waals surface area contributed by atoms with Crippen molar-refractivity contribution in [1.82, 2.24) is 10.2 Å². The second kappa shape index (κ2) is 6.73. The molecule has 106 valence electrons. The summed E-state index contributed by atoms with van der Waals surface area (Å²) < 4.78 is 1.15. The lowest BCUT2D eigenvalue weighted by molar-refractivity contribution is 0.256. The average molecular weight is 326 g/mol. The zero-order valence-corrected chi connectivity index (χ0v) is 13.7.